The van der Waals surface area contributed by atoms with Crippen LogP contribution in [0.15, 0.2) is 18.2 Å². The van der Waals surface area contributed by atoms with Crippen LogP contribution < -0.4 is 11.1 Å². The van der Waals surface area contributed by atoms with Crippen LogP contribution >= 0.6 is 0 Å². The number of fused-ring (bicyclic) bond motifs is 1. The predicted octanol–water partition coefficient (Wildman–Crippen LogP) is 1.23. The molecular formula is C19H23F2N5O2. The molecule has 2 aliphatic rings. The van der Waals surface area contributed by atoms with Crippen LogP contribution in [0.4, 0.5) is 8.78 Å². The van der Waals surface area contributed by atoms with Gasteiger partial charge in [-0.1, -0.05) is 0 Å². The molecule has 0 aliphatic carbocycles. The summed E-state index contributed by atoms with van der Waals surface area (Å²) in [6.07, 6.45) is -0.0772. The number of carbonyl (C=O) groups excluding carboxylic acids is 1. The number of hydrogen-bond donors (Lipinski definition) is 2. The minimum absolute atomic E-state index is 0.0422. The maximum absolute atomic E-state index is 14.1. The van der Waals surface area contributed by atoms with Crippen molar-refractivity contribution in [3.63, 3.8) is 0 Å². The van der Waals surface area contributed by atoms with Crippen molar-refractivity contribution in [3.05, 3.63) is 52.6 Å². The van der Waals surface area contributed by atoms with Crippen LogP contribution in [-0.4, -0.2) is 46.1 Å². The summed E-state index contributed by atoms with van der Waals surface area (Å²) in [5, 5.41) is 2.59. The molecule has 28 heavy (non-hydrogen) atoms. The minimum Gasteiger partial charge on any atom is -0.370 e. The Kier molecular flexibility index (Phi) is 4.90. The van der Waals surface area contributed by atoms with Crippen LogP contribution in [-0.2, 0) is 24.9 Å². The molecule has 0 radical (unpaired) electrons. The number of carbonyl (C=O) groups is 1. The van der Waals surface area contributed by atoms with Gasteiger partial charge in [-0.3, -0.25) is 9.69 Å². The lowest BCUT2D eigenvalue weighted by Gasteiger charge is -2.38. The van der Waals surface area contributed by atoms with E-state index >= 15 is 0 Å². The van der Waals surface area contributed by atoms with Gasteiger partial charge in [0.25, 0.3) is 5.91 Å². The van der Waals surface area contributed by atoms with E-state index < -0.39 is 23.8 Å². The fourth-order valence-corrected chi connectivity index (χ4v) is 4.08. The number of rotatable bonds is 3. The van der Waals surface area contributed by atoms with Crippen LogP contribution in [0.3, 0.4) is 0 Å². The van der Waals surface area contributed by atoms with Gasteiger partial charge in [0, 0.05) is 44.8 Å². The Morgan fingerprint density at radius 3 is 2.82 bits per heavy atom. The van der Waals surface area contributed by atoms with Gasteiger partial charge in [-0.15, -0.1) is 0 Å². The quantitative estimate of drug-likeness (QED) is 0.822. The topological polar surface area (TPSA) is 85.4 Å². The molecule has 9 heteroatoms. The lowest BCUT2D eigenvalue weighted by atomic mass is 9.93. The van der Waals surface area contributed by atoms with Gasteiger partial charge in [-0.2, -0.15) is 0 Å². The number of nitrogens with two attached hydrogens (primary N) is 1. The lowest BCUT2D eigenvalue weighted by molar-refractivity contribution is -0.0535. The van der Waals surface area contributed by atoms with Crippen molar-refractivity contribution in [2.45, 2.75) is 37.7 Å². The first-order chi connectivity index (χ1) is 13.4. The number of imidazole rings is 1. The van der Waals surface area contributed by atoms with Gasteiger partial charge < -0.3 is 20.4 Å². The third kappa shape index (κ3) is 3.19. The molecule has 2 aromatic rings. The highest BCUT2D eigenvalue weighted by Gasteiger charge is 2.38. The zero-order chi connectivity index (χ0) is 20.0. The lowest BCUT2D eigenvalue weighted by Crippen LogP contribution is -2.48. The Balaban J connectivity index is 1.45. The van der Waals surface area contributed by atoms with Gasteiger partial charge in [0.15, 0.2) is 5.82 Å². The molecule has 7 nitrogen and oxygen atoms in total. The van der Waals surface area contributed by atoms with E-state index in [-0.39, 0.29) is 17.5 Å². The van der Waals surface area contributed by atoms with Crippen molar-refractivity contribution in [1.29, 1.82) is 0 Å². The van der Waals surface area contributed by atoms with Crippen LogP contribution in [0.5, 0.6) is 0 Å². The molecule has 3 atom stereocenters. The van der Waals surface area contributed by atoms with E-state index in [1.807, 2.05) is 11.6 Å². The van der Waals surface area contributed by atoms with E-state index in [0.717, 1.165) is 29.6 Å². The Hall–Kier alpha value is -2.36. The third-order valence-electron chi connectivity index (χ3n) is 5.61. The summed E-state index contributed by atoms with van der Waals surface area (Å²) in [6.45, 7) is 1.60. The van der Waals surface area contributed by atoms with E-state index in [1.165, 1.54) is 0 Å². The van der Waals surface area contributed by atoms with E-state index in [2.05, 4.69) is 15.2 Å². The largest absolute Gasteiger partial charge is 0.370 e. The van der Waals surface area contributed by atoms with Crippen LogP contribution in [0.25, 0.3) is 0 Å². The standard InChI is InChI=1S/C19H23F2N5O2/c1-23-19(27)18-24-15-7-26(8-16(15)25(18)2)11-6-14(22)17(28-9-11)12-5-10(20)3-4-13(12)21/h3-5,11,14,17H,6-9,22H2,1-2H3,(H,23,27)/t11-,14+,17-/m1/s1. The highest BCUT2D eigenvalue weighted by atomic mass is 19.1. The molecule has 0 unspecified atom stereocenters. The monoisotopic (exact) mass is 391 g/mol. The fraction of sp³-hybridized carbons (Fsp3) is 0.474. The molecule has 1 fully saturated rings. The van der Waals surface area contributed by atoms with Gasteiger partial charge >= 0.3 is 0 Å². The van der Waals surface area contributed by atoms with Crippen molar-refractivity contribution in [2.75, 3.05) is 13.7 Å². The first kappa shape index (κ1) is 19.0. The average molecular weight is 391 g/mol. The maximum atomic E-state index is 14.1. The molecule has 150 valence electrons. The number of hydrogen-bond acceptors (Lipinski definition) is 5. The van der Waals surface area contributed by atoms with E-state index in [9.17, 15) is 13.6 Å². The molecule has 2 aliphatic heterocycles. The van der Waals surface area contributed by atoms with Gasteiger partial charge in [0.05, 0.1) is 18.0 Å². The second-order valence-corrected chi connectivity index (χ2v) is 7.35. The summed E-state index contributed by atoms with van der Waals surface area (Å²) in [4.78, 5) is 18.5. The van der Waals surface area contributed by atoms with E-state index in [4.69, 9.17) is 10.5 Å². The number of benzene rings is 1. The summed E-state index contributed by atoms with van der Waals surface area (Å²) >= 11 is 0. The van der Waals surface area contributed by atoms with Crippen molar-refractivity contribution < 1.29 is 18.3 Å². The molecule has 0 bridgehead atoms. The molecule has 4 rings (SSSR count). The molecule has 1 saturated heterocycles. The summed E-state index contributed by atoms with van der Waals surface area (Å²) in [5.74, 6) is -0.848. The molecule has 1 aromatic carbocycles. The first-order valence-corrected chi connectivity index (χ1v) is 9.21. The molecule has 0 saturated carbocycles. The van der Waals surface area contributed by atoms with Gasteiger partial charge in [-0.05, 0) is 24.6 Å². The zero-order valence-electron chi connectivity index (χ0n) is 15.8. The highest BCUT2D eigenvalue weighted by Crippen LogP contribution is 2.34. The second-order valence-electron chi connectivity index (χ2n) is 7.35. The summed E-state index contributed by atoms with van der Waals surface area (Å²) in [5.41, 5.74) is 8.29. The van der Waals surface area contributed by atoms with Crippen molar-refractivity contribution in [1.82, 2.24) is 19.8 Å². The number of aromatic nitrogens is 2. The first-order valence-electron chi connectivity index (χ1n) is 9.21. The maximum Gasteiger partial charge on any atom is 0.287 e. The van der Waals surface area contributed by atoms with Gasteiger partial charge in [-0.25, -0.2) is 13.8 Å². The summed E-state index contributed by atoms with van der Waals surface area (Å²) in [6, 6.07) is 2.92. The molecule has 3 heterocycles. The Labute approximate surface area is 161 Å². The highest BCUT2D eigenvalue weighted by molar-refractivity contribution is 5.90. The number of halogens is 2. The molecule has 0 spiro atoms. The number of nitrogens with one attached hydrogen (secondary N) is 1. The number of nitrogens with zero attached hydrogens (tertiary/aromatic N) is 3. The van der Waals surface area contributed by atoms with Crippen molar-refractivity contribution >= 4 is 5.91 Å². The van der Waals surface area contributed by atoms with Gasteiger partial charge in [0.1, 0.15) is 17.7 Å². The normalized spacial score (nSPS) is 25.0. The zero-order valence-corrected chi connectivity index (χ0v) is 15.8. The van der Waals surface area contributed by atoms with Crippen LogP contribution in [0, 0.1) is 11.6 Å². The van der Waals surface area contributed by atoms with E-state index in [1.54, 1.807) is 7.05 Å². The Morgan fingerprint density at radius 1 is 1.36 bits per heavy atom. The Bertz CT molecular complexity index is 916. The fourth-order valence-electron chi connectivity index (χ4n) is 4.08. The molecule has 3 N–H and O–H groups in total. The second kappa shape index (κ2) is 7.23. The smallest absolute Gasteiger partial charge is 0.287 e. The van der Waals surface area contributed by atoms with Gasteiger partial charge in [0.2, 0.25) is 0 Å². The van der Waals surface area contributed by atoms with Crippen LogP contribution in [0.1, 0.15) is 40.1 Å². The van der Waals surface area contributed by atoms with Crippen molar-refractivity contribution in [3.8, 4) is 0 Å². The van der Waals surface area contributed by atoms with Crippen molar-refractivity contribution in [2.24, 2.45) is 12.8 Å². The predicted molar refractivity (Wildman–Crippen MR) is 97.3 cm³/mol. The number of amides is 1. The Morgan fingerprint density at radius 2 is 2.14 bits per heavy atom. The number of ether oxygens (including phenoxy) is 1. The molecule has 1 amide bonds. The molecule has 1 aromatic heterocycles. The average Bonchev–Trinajstić information content (AvgIpc) is 3.23. The summed E-state index contributed by atoms with van der Waals surface area (Å²) in [7, 11) is 3.40. The van der Waals surface area contributed by atoms with E-state index in [0.29, 0.717) is 31.9 Å². The molecular weight excluding hydrogens is 368 g/mol. The summed E-state index contributed by atoms with van der Waals surface area (Å²) < 4.78 is 35.3. The minimum atomic E-state index is -0.671. The SMILES string of the molecule is CNC(=O)c1nc2c(n1C)CN([C@H]1CO[C@H](c3cc(F)ccc3F)[C@@H](N)C1)C2. The van der Waals surface area contributed by atoms with Crippen LogP contribution in [0.2, 0.25) is 0 Å². The third-order valence-corrected chi connectivity index (χ3v) is 5.61.